The summed E-state index contributed by atoms with van der Waals surface area (Å²) in [6, 6.07) is 6.87. The van der Waals surface area contributed by atoms with Crippen molar-refractivity contribution < 1.29 is 14.6 Å². The Morgan fingerprint density at radius 3 is 2.61 bits per heavy atom. The highest BCUT2D eigenvalue weighted by Gasteiger charge is 2.24. The third-order valence-electron chi connectivity index (χ3n) is 3.04. The first-order chi connectivity index (χ1) is 8.54. The van der Waals surface area contributed by atoms with Gasteiger partial charge in [-0.2, -0.15) is 0 Å². The van der Waals surface area contributed by atoms with E-state index in [4.69, 9.17) is 15.6 Å². The number of aliphatic carboxylic acids is 1. The molecule has 0 spiro atoms. The molecule has 1 aromatic rings. The number of nitrogens with two attached hydrogens (primary N) is 1. The van der Waals surface area contributed by atoms with E-state index < -0.39 is 12.0 Å². The van der Waals surface area contributed by atoms with E-state index in [-0.39, 0.29) is 12.5 Å². The second kappa shape index (κ2) is 5.37. The molecule has 0 bridgehead atoms. The van der Waals surface area contributed by atoms with Crippen LogP contribution in [0.2, 0.25) is 0 Å². The SMILES string of the molecule is CN1CC(Oc2ccc(C(N)CC(=O)O)cc2)C1. The fourth-order valence-electron chi connectivity index (χ4n) is 2.01. The van der Waals surface area contributed by atoms with Gasteiger partial charge in [-0.3, -0.25) is 9.69 Å². The molecule has 18 heavy (non-hydrogen) atoms. The van der Waals surface area contributed by atoms with Crippen LogP contribution in [0.1, 0.15) is 18.0 Å². The van der Waals surface area contributed by atoms with Crippen LogP contribution in [0.3, 0.4) is 0 Å². The number of carboxylic acids is 1. The van der Waals surface area contributed by atoms with Gasteiger partial charge in [0.2, 0.25) is 0 Å². The van der Waals surface area contributed by atoms with Gasteiger partial charge in [-0.15, -0.1) is 0 Å². The van der Waals surface area contributed by atoms with Crippen LogP contribution in [-0.4, -0.2) is 42.2 Å². The number of nitrogens with zero attached hydrogens (tertiary/aromatic N) is 1. The Kier molecular flexibility index (Phi) is 3.84. The maximum atomic E-state index is 10.6. The van der Waals surface area contributed by atoms with Gasteiger partial charge >= 0.3 is 5.97 Å². The summed E-state index contributed by atoms with van der Waals surface area (Å²) in [5, 5.41) is 8.67. The molecule has 0 aliphatic carbocycles. The molecule has 3 N–H and O–H groups in total. The minimum absolute atomic E-state index is 0.0619. The Hall–Kier alpha value is -1.59. The Morgan fingerprint density at radius 2 is 2.11 bits per heavy atom. The maximum absolute atomic E-state index is 10.6. The van der Waals surface area contributed by atoms with E-state index in [0.29, 0.717) is 0 Å². The van der Waals surface area contributed by atoms with Crippen LogP contribution < -0.4 is 10.5 Å². The van der Waals surface area contributed by atoms with E-state index in [1.807, 2.05) is 31.3 Å². The first kappa shape index (κ1) is 12.9. The average molecular weight is 250 g/mol. The molecule has 1 unspecified atom stereocenters. The van der Waals surface area contributed by atoms with Gasteiger partial charge < -0.3 is 15.6 Å². The summed E-state index contributed by atoms with van der Waals surface area (Å²) in [7, 11) is 2.05. The standard InChI is InChI=1S/C13H18N2O3/c1-15-7-11(8-15)18-10-4-2-9(3-5-10)12(14)6-13(16)17/h2-5,11-12H,6-8,14H2,1H3,(H,16,17). The number of rotatable bonds is 5. The number of hydrogen-bond donors (Lipinski definition) is 2. The van der Waals surface area contributed by atoms with E-state index in [2.05, 4.69) is 4.90 Å². The number of likely N-dealkylation sites (tertiary alicyclic amines) is 1. The molecule has 0 aromatic heterocycles. The lowest BCUT2D eigenvalue weighted by atomic mass is 10.0. The minimum atomic E-state index is -0.889. The fourth-order valence-corrected chi connectivity index (χ4v) is 2.01. The second-order valence-electron chi connectivity index (χ2n) is 4.73. The van der Waals surface area contributed by atoms with E-state index in [1.165, 1.54) is 0 Å². The molecule has 1 aliphatic rings. The Morgan fingerprint density at radius 1 is 1.50 bits per heavy atom. The highest BCUT2D eigenvalue weighted by molar-refractivity contribution is 5.67. The summed E-state index contributed by atoms with van der Waals surface area (Å²) in [6.07, 6.45) is 0.196. The number of hydrogen-bond acceptors (Lipinski definition) is 4. The van der Waals surface area contributed by atoms with Gasteiger partial charge in [0.05, 0.1) is 6.42 Å². The Labute approximate surface area is 106 Å². The Balaban J connectivity index is 1.90. The van der Waals surface area contributed by atoms with Gasteiger partial charge in [0.15, 0.2) is 0 Å². The summed E-state index contributed by atoms with van der Waals surface area (Å²) in [6.45, 7) is 1.89. The predicted molar refractivity (Wildman–Crippen MR) is 67.5 cm³/mol. The van der Waals surface area contributed by atoms with Crippen LogP contribution in [0.25, 0.3) is 0 Å². The van der Waals surface area contributed by atoms with Crippen LogP contribution in [-0.2, 0) is 4.79 Å². The monoisotopic (exact) mass is 250 g/mol. The summed E-state index contributed by atoms with van der Waals surface area (Å²) >= 11 is 0. The molecular formula is C13H18N2O3. The van der Waals surface area contributed by atoms with Crippen molar-refractivity contribution in [2.75, 3.05) is 20.1 Å². The molecule has 1 aliphatic heterocycles. The fraction of sp³-hybridized carbons (Fsp3) is 0.462. The van der Waals surface area contributed by atoms with Crippen LogP contribution >= 0.6 is 0 Å². The second-order valence-corrected chi connectivity index (χ2v) is 4.73. The van der Waals surface area contributed by atoms with Crippen molar-refractivity contribution in [3.63, 3.8) is 0 Å². The topological polar surface area (TPSA) is 75.8 Å². The largest absolute Gasteiger partial charge is 0.488 e. The van der Waals surface area contributed by atoms with Crippen LogP contribution in [0.15, 0.2) is 24.3 Å². The molecule has 0 saturated carbocycles. The van der Waals surface area contributed by atoms with E-state index >= 15 is 0 Å². The maximum Gasteiger partial charge on any atom is 0.305 e. The molecule has 1 fully saturated rings. The molecule has 1 saturated heterocycles. The van der Waals surface area contributed by atoms with Crippen LogP contribution in [0.5, 0.6) is 5.75 Å². The van der Waals surface area contributed by atoms with Gasteiger partial charge in [0.1, 0.15) is 11.9 Å². The highest BCUT2D eigenvalue weighted by atomic mass is 16.5. The van der Waals surface area contributed by atoms with Gasteiger partial charge in [-0.05, 0) is 24.7 Å². The van der Waals surface area contributed by atoms with E-state index in [1.54, 1.807) is 0 Å². The lowest BCUT2D eigenvalue weighted by molar-refractivity contribution is -0.137. The van der Waals surface area contributed by atoms with Crippen molar-refractivity contribution in [1.29, 1.82) is 0 Å². The molecule has 1 atom stereocenters. The zero-order valence-electron chi connectivity index (χ0n) is 10.4. The van der Waals surface area contributed by atoms with Gasteiger partial charge in [0.25, 0.3) is 0 Å². The third kappa shape index (κ3) is 3.21. The molecule has 0 amide bonds. The quantitative estimate of drug-likeness (QED) is 0.810. The van der Waals surface area contributed by atoms with Crippen molar-refractivity contribution in [3.05, 3.63) is 29.8 Å². The molecule has 5 nitrogen and oxygen atoms in total. The summed E-state index contributed by atoms with van der Waals surface area (Å²) in [4.78, 5) is 12.7. The lowest BCUT2D eigenvalue weighted by Crippen LogP contribution is -2.51. The normalized spacial score (nSPS) is 18.1. The van der Waals surface area contributed by atoms with E-state index in [0.717, 1.165) is 24.4 Å². The molecular weight excluding hydrogens is 232 g/mol. The number of likely N-dealkylation sites (N-methyl/N-ethyl adjacent to an activating group) is 1. The van der Waals surface area contributed by atoms with Gasteiger partial charge in [0, 0.05) is 19.1 Å². The predicted octanol–water partition coefficient (Wildman–Crippen LogP) is 0.854. The molecule has 2 rings (SSSR count). The van der Waals surface area contributed by atoms with Crippen molar-refractivity contribution in [1.82, 2.24) is 4.90 Å². The summed E-state index contributed by atoms with van der Waals surface area (Å²) in [5.74, 6) is -0.0836. The summed E-state index contributed by atoms with van der Waals surface area (Å²) < 4.78 is 5.74. The average Bonchev–Trinajstić information content (AvgIpc) is 2.27. The summed E-state index contributed by atoms with van der Waals surface area (Å²) in [5.41, 5.74) is 6.59. The first-order valence-corrected chi connectivity index (χ1v) is 5.97. The number of carbonyl (C=O) groups is 1. The van der Waals surface area contributed by atoms with Crippen LogP contribution in [0, 0.1) is 0 Å². The first-order valence-electron chi connectivity index (χ1n) is 5.97. The zero-order valence-corrected chi connectivity index (χ0v) is 10.4. The number of ether oxygens (including phenoxy) is 1. The number of carboxylic acid groups (broad SMARTS) is 1. The Bertz CT molecular complexity index is 413. The molecule has 1 aromatic carbocycles. The highest BCUT2D eigenvalue weighted by Crippen LogP contribution is 2.21. The van der Waals surface area contributed by atoms with Crippen molar-refractivity contribution in [2.45, 2.75) is 18.6 Å². The minimum Gasteiger partial charge on any atom is -0.488 e. The van der Waals surface area contributed by atoms with Gasteiger partial charge in [-0.1, -0.05) is 12.1 Å². The number of benzene rings is 1. The molecule has 5 heteroatoms. The third-order valence-corrected chi connectivity index (χ3v) is 3.04. The molecule has 0 radical (unpaired) electrons. The smallest absolute Gasteiger partial charge is 0.305 e. The van der Waals surface area contributed by atoms with E-state index in [9.17, 15) is 4.79 Å². The van der Waals surface area contributed by atoms with Crippen molar-refractivity contribution in [2.24, 2.45) is 5.73 Å². The van der Waals surface area contributed by atoms with Crippen molar-refractivity contribution >= 4 is 5.97 Å². The zero-order chi connectivity index (χ0) is 13.1. The molecule has 98 valence electrons. The molecule has 1 heterocycles. The van der Waals surface area contributed by atoms with Crippen LogP contribution in [0.4, 0.5) is 0 Å². The van der Waals surface area contributed by atoms with Gasteiger partial charge in [-0.25, -0.2) is 0 Å². The van der Waals surface area contributed by atoms with Crippen molar-refractivity contribution in [3.8, 4) is 5.75 Å². The lowest BCUT2D eigenvalue weighted by Gasteiger charge is -2.36.